The van der Waals surface area contributed by atoms with Gasteiger partial charge < -0.3 is 24.8 Å². The zero-order chi connectivity index (χ0) is 18.0. The SMILES string of the molecule is CCOC(=O)C(NC(=O)CNC(=O)OC(C)(C)C)C(=O)OCC. The van der Waals surface area contributed by atoms with E-state index in [0.717, 1.165) is 0 Å². The normalized spacial score (nSPS) is 10.7. The fourth-order valence-electron chi connectivity index (χ4n) is 1.34. The standard InChI is InChI=1S/C14H24N2O7/c1-6-21-11(18)10(12(19)22-7-2)16-9(17)8-15-13(20)23-14(3,4)5/h10H,6-8H2,1-5H3,(H,15,20)(H,16,17). The number of carbonyl (C=O) groups excluding carboxylic acids is 4. The monoisotopic (exact) mass is 332 g/mol. The van der Waals surface area contributed by atoms with Crippen LogP contribution in [0, 0.1) is 0 Å². The topological polar surface area (TPSA) is 120 Å². The highest BCUT2D eigenvalue weighted by atomic mass is 16.6. The summed E-state index contributed by atoms with van der Waals surface area (Å²) in [4.78, 5) is 46.5. The minimum absolute atomic E-state index is 0.0424. The maximum absolute atomic E-state index is 11.7. The third-order valence-electron chi connectivity index (χ3n) is 2.14. The Hall–Kier alpha value is -2.32. The van der Waals surface area contributed by atoms with Crippen LogP contribution in [0.15, 0.2) is 0 Å². The summed E-state index contributed by atoms with van der Waals surface area (Å²) < 4.78 is 14.3. The van der Waals surface area contributed by atoms with Gasteiger partial charge in [0.15, 0.2) is 0 Å². The van der Waals surface area contributed by atoms with Gasteiger partial charge in [0, 0.05) is 0 Å². The molecule has 0 radical (unpaired) electrons. The maximum atomic E-state index is 11.7. The number of rotatable bonds is 7. The van der Waals surface area contributed by atoms with E-state index in [0.29, 0.717) is 0 Å². The van der Waals surface area contributed by atoms with Gasteiger partial charge in [-0.2, -0.15) is 0 Å². The predicted octanol–water partition coefficient (Wildman–Crippen LogP) is 0.122. The van der Waals surface area contributed by atoms with Crippen LogP contribution in [0.1, 0.15) is 34.6 Å². The Morgan fingerprint density at radius 3 is 1.83 bits per heavy atom. The van der Waals surface area contributed by atoms with Crippen LogP contribution < -0.4 is 10.6 Å². The molecule has 0 rings (SSSR count). The number of carbonyl (C=O) groups is 4. The molecule has 0 heterocycles. The van der Waals surface area contributed by atoms with E-state index >= 15 is 0 Å². The zero-order valence-electron chi connectivity index (χ0n) is 14.1. The summed E-state index contributed by atoms with van der Waals surface area (Å²) in [6.07, 6.45) is -0.795. The molecule has 2 N–H and O–H groups in total. The maximum Gasteiger partial charge on any atom is 0.408 e. The lowest BCUT2D eigenvalue weighted by Gasteiger charge is -2.20. The first-order valence-corrected chi connectivity index (χ1v) is 7.20. The van der Waals surface area contributed by atoms with E-state index in [1.54, 1.807) is 34.6 Å². The summed E-state index contributed by atoms with van der Waals surface area (Å²) in [6, 6.07) is -1.58. The molecule has 23 heavy (non-hydrogen) atoms. The molecule has 2 amide bonds. The molecule has 0 atom stereocenters. The molecule has 0 aromatic carbocycles. The van der Waals surface area contributed by atoms with Crippen LogP contribution in [-0.2, 0) is 28.6 Å². The Labute approximate surface area is 135 Å². The molecule has 0 bridgehead atoms. The number of hydrogen-bond donors (Lipinski definition) is 2. The smallest absolute Gasteiger partial charge is 0.408 e. The number of alkyl carbamates (subject to hydrolysis) is 1. The molecule has 132 valence electrons. The molecule has 0 aliphatic carbocycles. The first kappa shape index (κ1) is 20.7. The Balaban J connectivity index is 4.57. The van der Waals surface area contributed by atoms with Gasteiger partial charge in [-0.1, -0.05) is 0 Å². The van der Waals surface area contributed by atoms with Crippen LogP contribution in [0.25, 0.3) is 0 Å². The van der Waals surface area contributed by atoms with Crippen molar-refractivity contribution >= 4 is 23.9 Å². The summed E-state index contributed by atoms with van der Waals surface area (Å²) in [5, 5.41) is 4.35. The number of ether oxygens (including phenoxy) is 3. The van der Waals surface area contributed by atoms with Crippen LogP contribution in [0.4, 0.5) is 4.79 Å². The largest absolute Gasteiger partial charge is 0.464 e. The third kappa shape index (κ3) is 9.33. The van der Waals surface area contributed by atoms with Crippen molar-refractivity contribution in [3.8, 4) is 0 Å². The second kappa shape index (κ2) is 9.65. The molecular weight excluding hydrogens is 308 g/mol. The van der Waals surface area contributed by atoms with Crippen molar-refractivity contribution < 1.29 is 33.4 Å². The Kier molecular flexibility index (Phi) is 8.67. The van der Waals surface area contributed by atoms with Gasteiger partial charge in [-0.15, -0.1) is 0 Å². The van der Waals surface area contributed by atoms with Crippen LogP contribution in [0.3, 0.4) is 0 Å². The number of amides is 2. The van der Waals surface area contributed by atoms with E-state index in [2.05, 4.69) is 10.6 Å². The quantitative estimate of drug-likeness (QED) is 0.386. The van der Waals surface area contributed by atoms with Gasteiger partial charge in [0.1, 0.15) is 12.1 Å². The summed E-state index contributed by atoms with van der Waals surface area (Å²) in [5.74, 6) is -2.63. The second-order valence-electron chi connectivity index (χ2n) is 5.36. The lowest BCUT2D eigenvalue weighted by atomic mass is 10.2. The van der Waals surface area contributed by atoms with Gasteiger partial charge >= 0.3 is 18.0 Å². The fraction of sp³-hybridized carbons (Fsp3) is 0.714. The van der Waals surface area contributed by atoms with E-state index in [9.17, 15) is 19.2 Å². The van der Waals surface area contributed by atoms with Crippen molar-refractivity contribution in [1.29, 1.82) is 0 Å². The predicted molar refractivity (Wildman–Crippen MR) is 79.4 cm³/mol. The average Bonchev–Trinajstić information content (AvgIpc) is 2.41. The molecular formula is C14H24N2O7. The minimum atomic E-state index is -1.58. The lowest BCUT2D eigenvalue weighted by Crippen LogP contribution is -2.51. The van der Waals surface area contributed by atoms with Crippen molar-refractivity contribution in [3.05, 3.63) is 0 Å². The van der Waals surface area contributed by atoms with E-state index in [1.807, 2.05) is 0 Å². The van der Waals surface area contributed by atoms with Gasteiger partial charge in [-0.25, -0.2) is 14.4 Å². The first-order chi connectivity index (χ1) is 10.6. The van der Waals surface area contributed by atoms with Crippen LogP contribution >= 0.6 is 0 Å². The van der Waals surface area contributed by atoms with E-state index in [1.165, 1.54) is 0 Å². The number of hydrogen-bond acceptors (Lipinski definition) is 7. The molecule has 0 aliphatic rings. The average molecular weight is 332 g/mol. The van der Waals surface area contributed by atoms with Crippen molar-refractivity contribution in [2.75, 3.05) is 19.8 Å². The Morgan fingerprint density at radius 1 is 0.957 bits per heavy atom. The molecule has 0 saturated carbocycles. The van der Waals surface area contributed by atoms with E-state index in [-0.39, 0.29) is 13.2 Å². The number of esters is 2. The highest BCUT2D eigenvalue weighted by molar-refractivity contribution is 6.02. The van der Waals surface area contributed by atoms with Crippen LogP contribution in [-0.4, -0.2) is 55.3 Å². The first-order valence-electron chi connectivity index (χ1n) is 7.20. The summed E-state index contributed by atoms with van der Waals surface area (Å²) in [7, 11) is 0. The number of nitrogens with one attached hydrogen (secondary N) is 2. The summed E-state index contributed by atoms with van der Waals surface area (Å²) >= 11 is 0. The van der Waals surface area contributed by atoms with Crippen LogP contribution in [0.2, 0.25) is 0 Å². The van der Waals surface area contributed by atoms with Gasteiger partial charge in [0.05, 0.1) is 13.2 Å². The van der Waals surface area contributed by atoms with Gasteiger partial charge in [-0.05, 0) is 34.6 Å². The van der Waals surface area contributed by atoms with Gasteiger partial charge in [0.2, 0.25) is 11.9 Å². The molecule has 0 fully saturated rings. The van der Waals surface area contributed by atoms with Crippen LogP contribution in [0.5, 0.6) is 0 Å². The fourth-order valence-corrected chi connectivity index (χ4v) is 1.34. The van der Waals surface area contributed by atoms with Crippen molar-refractivity contribution in [3.63, 3.8) is 0 Å². The van der Waals surface area contributed by atoms with Crippen molar-refractivity contribution in [2.24, 2.45) is 0 Å². The molecule has 9 heteroatoms. The molecule has 0 unspecified atom stereocenters. The lowest BCUT2D eigenvalue weighted by molar-refractivity contribution is -0.159. The molecule has 0 aromatic rings. The van der Waals surface area contributed by atoms with Crippen molar-refractivity contribution in [2.45, 2.75) is 46.3 Å². The third-order valence-corrected chi connectivity index (χ3v) is 2.14. The second-order valence-corrected chi connectivity index (χ2v) is 5.36. The minimum Gasteiger partial charge on any atom is -0.464 e. The molecule has 0 aromatic heterocycles. The van der Waals surface area contributed by atoms with E-state index < -0.39 is 42.1 Å². The highest BCUT2D eigenvalue weighted by Crippen LogP contribution is 2.06. The summed E-state index contributed by atoms with van der Waals surface area (Å²) in [5.41, 5.74) is -0.709. The zero-order valence-corrected chi connectivity index (χ0v) is 14.1. The molecule has 9 nitrogen and oxygen atoms in total. The molecule has 0 saturated heterocycles. The Bertz CT molecular complexity index is 425. The Morgan fingerprint density at radius 2 is 1.43 bits per heavy atom. The molecule has 0 spiro atoms. The van der Waals surface area contributed by atoms with Gasteiger partial charge in [-0.3, -0.25) is 4.79 Å². The van der Waals surface area contributed by atoms with E-state index in [4.69, 9.17) is 14.2 Å². The van der Waals surface area contributed by atoms with Crippen molar-refractivity contribution in [1.82, 2.24) is 10.6 Å². The summed E-state index contributed by atoms with van der Waals surface area (Å²) in [6.45, 7) is 7.75. The molecule has 0 aliphatic heterocycles. The highest BCUT2D eigenvalue weighted by Gasteiger charge is 2.31. The van der Waals surface area contributed by atoms with Gasteiger partial charge in [0.25, 0.3) is 0 Å².